The molecule has 0 saturated heterocycles. The molecule has 1 atom stereocenters. The first-order valence-corrected chi connectivity index (χ1v) is 8.38. The quantitative estimate of drug-likeness (QED) is 0.450. The minimum absolute atomic E-state index is 0.281. The van der Waals surface area contributed by atoms with E-state index in [0.717, 1.165) is 24.8 Å². The average Bonchev–Trinajstić information content (AvgIpc) is 2.45. The summed E-state index contributed by atoms with van der Waals surface area (Å²) >= 11 is 0. The monoisotopic (exact) mass is 312 g/mol. The lowest BCUT2D eigenvalue weighted by Crippen LogP contribution is -2.23. The third-order valence-electron chi connectivity index (χ3n) is 3.80. The lowest BCUT2D eigenvalue weighted by molar-refractivity contribution is -0.256. The van der Waals surface area contributed by atoms with E-state index >= 15 is 0 Å². The third-order valence-corrected chi connectivity index (χ3v) is 3.80. The fraction of sp³-hybridized carbons (Fsp3) is 0.667. The van der Waals surface area contributed by atoms with Crippen molar-refractivity contribution in [3.05, 3.63) is 35.6 Å². The van der Waals surface area contributed by atoms with E-state index in [4.69, 9.17) is 14.9 Å². The van der Waals surface area contributed by atoms with Gasteiger partial charge in [-0.05, 0) is 30.5 Å². The van der Waals surface area contributed by atoms with Gasteiger partial charge in [-0.2, -0.15) is 0 Å². The number of aliphatic hydroxyl groups excluding tert-OH is 1. The lowest BCUT2D eigenvalue weighted by atomic mass is 10.0. The first kappa shape index (κ1) is 19.1. The molecule has 0 aliphatic rings. The second kappa shape index (κ2) is 11.6. The van der Waals surface area contributed by atoms with Gasteiger partial charge in [-0.1, -0.05) is 64.0 Å². The molecule has 2 N–H and O–H groups in total. The zero-order valence-corrected chi connectivity index (χ0v) is 13.5. The summed E-state index contributed by atoms with van der Waals surface area (Å²) in [5, 5.41) is 18.0. The first-order valence-electron chi connectivity index (χ1n) is 8.38. The van der Waals surface area contributed by atoms with E-state index in [1.54, 1.807) is 6.07 Å². The molecule has 0 fully saturated rings. The van der Waals surface area contributed by atoms with Crippen LogP contribution in [0, 0.1) is 5.82 Å². The van der Waals surface area contributed by atoms with E-state index < -0.39 is 6.48 Å². The Labute approximate surface area is 133 Å². The fourth-order valence-electron chi connectivity index (χ4n) is 2.65. The number of hydrogen-bond donors (Lipinski definition) is 2. The van der Waals surface area contributed by atoms with Crippen molar-refractivity contribution >= 4 is 0 Å². The van der Waals surface area contributed by atoms with Gasteiger partial charge in [0.15, 0.2) is 0 Å². The highest BCUT2D eigenvalue weighted by Gasteiger charge is 2.14. The number of halogens is 1. The van der Waals surface area contributed by atoms with Gasteiger partial charge in [-0.3, -0.25) is 0 Å². The largest absolute Gasteiger partial charge is 0.346 e. The molecule has 0 aliphatic carbocycles. The van der Waals surface area contributed by atoms with Gasteiger partial charge in [0.25, 0.3) is 6.48 Å². The van der Waals surface area contributed by atoms with Crippen LogP contribution in [0.25, 0.3) is 0 Å². The molecule has 1 unspecified atom stereocenters. The molecule has 1 rings (SSSR count). The van der Waals surface area contributed by atoms with Crippen LogP contribution in [-0.4, -0.2) is 22.8 Å². The average molecular weight is 312 g/mol. The molecular weight excluding hydrogens is 283 g/mol. The summed E-state index contributed by atoms with van der Waals surface area (Å²) < 4.78 is 18.3. The van der Waals surface area contributed by atoms with E-state index in [2.05, 4.69) is 6.92 Å². The molecule has 126 valence electrons. The fourth-order valence-corrected chi connectivity index (χ4v) is 2.65. The number of benzene rings is 1. The topological polar surface area (TPSA) is 49.7 Å². The predicted octanol–water partition coefficient (Wildman–Crippen LogP) is 4.16. The van der Waals surface area contributed by atoms with Gasteiger partial charge in [0, 0.05) is 0 Å². The van der Waals surface area contributed by atoms with Crippen molar-refractivity contribution < 1.29 is 19.3 Å². The summed E-state index contributed by atoms with van der Waals surface area (Å²) in [6.07, 6.45) is 9.34. The van der Waals surface area contributed by atoms with Gasteiger partial charge in [-0.25, -0.2) is 4.39 Å². The molecular formula is C18H29FO3. The number of hydrogen-bond acceptors (Lipinski definition) is 3. The number of aliphatic hydroxyl groups is 2. The summed E-state index contributed by atoms with van der Waals surface area (Å²) in [6, 6.07) is 6.35. The van der Waals surface area contributed by atoms with Crippen molar-refractivity contribution in [3.63, 3.8) is 0 Å². The molecule has 22 heavy (non-hydrogen) atoms. The number of rotatable bonds is 12. The highest BCUT2D eigenvalue weighted by molar-refractivity contribution is 5.17. The van der Waals surface area contributed by atoms with Gasteiger partial charge in [-0.15, -0.1) is 0 Å². The Bertz CT molecular complexity index is 396. The molecule has 0 radical (unpaired) electrons. The van der Waals surface area contributed by atoms with Crippen LogP contribution in [-0.2, 0) is 11.2 Å². The highest BCUT2D eigenvalue weighted by atomic mass is 19.1. The Morgan fingerprint density at radius 3 is 2.36 bits per heavy atom. The number of unbranched alkanes of at least 4 members (excludes halogenated alkanes) is 6. The van der Waals surface area contributed by atoms with Crippen LogP contribution in [0.15, 0.2) is 24.3 Å². The molecule has 0 amide bonds. The molecule has 0 spiro atoms. The normalized spacial score (nSPS) is 12.8. The molecule has 0 aliphatic heterocycles. The lowest BCUT2D eigenvalue weighted by Gasteiger charge is -2.19. The van der Waals surface area contributed by atoms with E-state index in [0.29, 0.717) is 6.42 Å². The summed E-state index contributed by atoms with van der Waals surface area (Å²) in [5.41, 5.74) is 0.814. The van der Waals surface area contributed by atoms with Gasteiger partial charge in [0.05, 0.1) is 6.10 Å². The van der Waals surface area contributed by atoms with Crippen LogP contribution in [0.3, 0.4) is 0 Å². The van der Waals surface area contributed by atoms with Crippen molar-refractivity contribution in [2.24, 2.45) is 0 Å². The maximum Gasteiger partial charge on any atom is 0.266 e. The van der Waals surface area contributed by atoms with Gasteiger partial charge < -0.3 is 14.9 Å². The van der Waals surface area contributed by atoms with Crippen LogP contribution >= 0.6 is 0 Å². The Hall–Kier alpha value is -0.970. The van der Waals surface area contributed by atoms with Crippen LogP contribution in [0.5, 0.6) is 0 Å². The smallest absolute Gasteiger partial charge is 0.266 e. The number of ether oxygens (including phenoxy) is 1. The molecule has 0 heterocycles. The second-order valence-corrected chi connectivity index (χ2v) is 5.83. The van der Waals surface area contributed by atoms with E-state index in [1.165, 1.54) is 44.2 Å². The molecule has 0 saturated carbocycles. The molecule has 0 bridgehead atoms. The van der Waals surface area contributed by atoms with E-state index in [1.807, 2.05) is 6.07 Å². The van der Waals surface area contributed by atoms with Crippen molar-refractivity contribution in [1.82, 2.24) is 0 Å². The van der Waals surface area contributed by atoms with Crippen molar-refractivity contribution in [2.75, 3.05) is 0 Å². The zero-order chi connectivity index (χ0) is 16.2. The maximum absolute atomic E-state index is 13.2. The third kappa shape index (κ3) is 9.13. The van der Waals surface area contributed by atoms with E-state index in [9.17, 15) is 4.39 Å². The summed E-state index contributed by atoms with van der Waals surface area (Å²) in [4.78, 5) is 0. The summed E-state index contributed by atoms with van der Waals surface area (Å²) in [7, 11) is 0. The molecule has 1 aromatic rings. The van der Waals surface area contributed by atoms with Crippen LogP contribution in [0.1, 0.15) is 63.9 Å². The summed E-state index contributed by atoms with van der Waals surface area (Å²) in [5.74, 6) is -0.281. The minimum atomic E-state index is -1.77. The van der Waals surface area contributed by atoms with Crippen LogP contribution < -0.4 is 0 Å². The predicted molar refractivity (Wildman–Crippen MR) is 85.8 cm³/mol. The minimum Gasteiger partial charge on any atom is -0.346 e. The molecule has 4 heteroatoms. The summed E-state index contributed by atoms with van der Waals surface area (Å²) in [6.45, 7) is 0.428. The van der Waals surface area contributed by atoms with E-state index in [-0.39, 0.29) is 11.9 Å². The van der Waals surface area contributed by atoms with Gasteiger partial charge in [0.1, 0.15) is 5.82 Å². The SMILES string of the molecule is CCCCCCCCCC(Cc1cccc(F)c1)OC(O)O. The second-order valence-electron chi connectivity index (χ2n) is 5.83. The van der Waals surface area contributed by atoms with Crippen molar-refractivity contribution in [3.8, 4) is 0 Å². The zero-order valence-electron chi connectivity index (χ0n) is 13.5. The van der Waals surface area contributed by atoms with Gasteiger partial charge >= 0.3 is 0 Å². The first-order chi connectivity index (χ1) is 10.6. The van der Waals surface area contributed by atoms with Crippen LogP contribution in [0.4, 0.5) is 4.39 Å². The maximum atomic E-state index is 13.2. The highest BCUT2D eigenvalue weighted by Crippen LogP contribution is 2.16. The van der Waals surface area contributed by atoms with Crippen molar-refractivity contribution in [1.29, 1.82) is 0 Å². The Morgan fingerprint density at radius 2 is 1.73 bits per heavy atom. The molecule has 3 nitrogen and oxygen atoms in total. The van der Waals surface area contributed by atoms with Crippen LogP contribution in [0.2, 0.25) is 0 Å². The molecule has 1 aromatic carbocycles. The van der Waals surface area contributed by atoms with Gasteiger partial charge in [0.2, 0.25) is 0 Å². The van der Waals surface area contributed by atoms with Crippen molar-refractivity contribution in [2.45, 2.75) is 77.3 Å². The Morgan fingerprint density at radius 1 is 1.05 bits per heavy atom. The standard InChI is InChI=1S/C18H29FO3/c1-2-3-4-5-6-7-8-12-17(22-18(20)21)14-15-10-9-11-16(19)13-15/h9-11,13,17-18,20-21H,2-8,12,14H2,1H3. The Balaban J connectivity index is 2.31. The Kier molecular flexibility index (Phi) is 10.0. The molecule has 0 aromatic heterocycles.